The van der Waals surface area contributed by atoms with Crippen LogP contribution >= 0.6 is 0 Å². The zero-order chi connectivity index (χ0) is 18.7. The fraction of sp³-hybridized carbons (Fsp3) is 0.300. The summed E-state index contributed by atoms with van der Waals surface area (Å²) in [7, 11) is 0. The summed E-state index contributed by atoms with van der Waals surface area (Å²) in [5, 5.41) is 9.83. The molecule has 2 aromatic carbocycles. The quantitative estimate of drug-likeness (QED) is 0.810. The molecule has 1 aliphatic heterocycles. The molecule has 3 atom stereocenters. The van der Waals surface area contributed by atoms with Gasteiger partial charge in [-0.2, -0.15) is 0 Å². The SMILES string of the molecule is CC1CC(O)CC(Oc2c(F)cc(F)cc2/C=C/c2ccc(F)cc2)O1. The molecular formula is C20H19F3O3. The van der Waals surface area contributed by atoms with Gasteiger partial charge in [0.05, 0.1) is 12.2 Å². The molecule has 0 saturated carbocycles. The van der Waals surface area contributed by atoms with Crippen LogP contribution in [0, 0.1) is 17.5 Å². The van der Waals surface area contributed by atoms with Gasteiger partial charge in [0.25, 0.3) is 0 Å². The fourth-order valence-electron chi connectivity index (χ4n) is 2.87. The highest BCUT2D eigenvalue weighted by molar-refractivity contribution is 5.72. The molecule has 138 valence electrons. The molecule has 3 rings (SSSR count). The van der Waals surface area contributed by atoms with E-state index in [-0.39, 0.29) is 29.7 Å². The first-order chi connectivity index (χ1) is 12.4. The van der Waals surface area contributed by atoms with E-state index in [2.05, 4.69) is 0 Å². The summed E-state index contributed by atoms with van der Waals surface area (Å²) in [6.07, 6.45) is 2.09. The summed E-state index contributed by atoms with van der Waals surface area (Å²) in [6.45, 7) is 1.79. The average Bonchev–Trinajstić information content (AvgIpc) is 2.56. The Labute approximate surface area is 149 Å². The second-order valence-electron chi connectivity index (χ2n) is 6.31. The fourth-order valence-corrected chi connectivity index (χ4v) is 2.87. The van der Waals surface area contributed by atoms with Crippen molar-refractivity contribution in [2.75, 3.05) is 0 Å². The lowest BCUT2D eigenvalue weighted by Crippen LogP contribution is -2.37. The van der Waals surface area contributed by atoms with Gasteiger partial charge in [-0.1, -0.05) is 24.3 Å². The Hall–Kier alpha value is -2.31. The normalized spacial score (nSPS) is 23.3. The molecule has 26 heavy (non-hydrogen) atoms. The summed E-state index contributed by atoms with van der Waals surface area (Å²) in [5.41, 5.74) is 0.850. The third-order valence-electron chi connectivity index (χ3n) is 4.06. The Morgan fingerprint density at radius 3 is 2.46 bits per heavy atom. The number of hydrogen-bond donors (Lipinski definition) is 1. The van der Waals surface area contributed by atoms with Crippen LogP contribution in [0.15, 0.2) is 36.4 Å². The molecule has 0 radical (unpaired) electrons. The topological polar surface area (TPSA) is 38.7 Å². The van der Waals surface area contributed by atoms with Crippen LogP contribution < -0.4 is 4.74 Å². The summed E-state index contributed by atoms with van der Waals surface area (Å²) in [4.78, 5) is 0. The van der Waals surface area contributed by atoms with Gasteiger partial charge in [0.1, 0.15) is 11.6 Å². The predicted octanol–water partition coefficient (Wildman–Crippen LogP) is 4.54. The number of halogens is 3. The molecule has 0 aliphatic carbocycles. The molecule has 0 aromatic heterocycles. The first-order valence-electron chi connectivity index (χ1n) is 8.33. The minimum Gasteiger partial charge on any atom is -0.461 e. The molecule has 2 aromatic rings. The zero-order valence-corrected chi connectivity index (χ0v) is 14.2. The predicted molar refractivity (Wildman–Crippen MR) is 91.9 cm³/mol. The molecule has 0 bridgehead atoms. The van der Waals surface area contributed by atoms with Crippen LogP contribution in [-0.2, 0) is 4.74 Å². The summed E-state index contributed by atoms with van der Waals surface area (Å²) in [6, 6.07) is 7.55. The van der Waals surface area contributed by atoms with E-state index in [1.807, 2.05) is 0 Å². The van der Waals surface area contributed by atoms with Crippen molar-refractivity contribution in [3.63, 3.8) is 0 Å². The van der Waals surface area contributed by atoms with Crippen LogP contribution in [-0.4, -0.2) is 23.6 Å². The van der Waals surface area contributed by atoms with Crippen molar-refractivity contribution in [1.29, 1.82) is 0 Å². The van der Waals surface area contributed by atoms with Crippen molar-refractivity contribution >= 4 is 12.2 Å². The van der Waals surface area contributed by atoms with Crippen molar-refractivity contribution < 1.29 is 27.8 Å². The van der Waals surface area contributed by atoms with E-state index < -0.39 is 24.0 Å². The van der Waals surface area contributed by atoms with Crippen LogP contribution in [0.3, 0.4) is 0 Å². The number of aliphatic hydroxyl groups is 1. The minimum atomic E-state index is -0.861. The Balaban J connectivity index is 1.86. The maximum absolute atomic E-state index is 14.3. The highest BCUT2D eigenvalue weighted by atomic mass is 19.1. The first kappa shape index (κ1) is 18.5. The van der Waals surface area contributed by atoms with Gasteiger partial charge < -0.3 is 14.6 Å². The van der Waals surface area contributed by atoms with Crippen molar-refractivity contribution in [2.24, 2.45) is 0 Å². The molecule has 3 nitrogen and oxygen atoms in total. The van der Waals surface area contributed by atoms with E-state index in [0.29, 0.717) is 12.0 Å². The smallest absolute Gasteiger partial charge is 0.202 e. The van der Waals surface area contributed by atoms with Crippen LogP contribution in [0.2, 0.25) is 0 Å². The summed E-state index contributed by atoms with van der Waals surface area (Å²) < 4.78 is 52.0. The van der Waals surface area contributed by atoms with Gasteiger partial charge in [0, 0.05) is 18.1 Å². The lowest BCUT2D eigenvalue weighted by atomic mass is 10.1. The largest absolute Gasteiger partial charge is 0.461 e. The Kier molecular flexibility index (Phi) is 5.64. The van der Waals surface area contributed by atoms with Gasteiger partial charge >= 0.3 is 0 Å². The van der Waals surface area contributed by atoms with Crippen LogP contribution in [0.5, 0.6) is 5.75 Å². The van der Waals surface area contributed by atoms with Gasteiger partial charge in [-0.25, -0.2) is 13.2 Å². The van der Waals surface area contributed by atoms with Gasteiger partial charge in [-0.3, -0.25) is 0 Å². The van der Waals surface area contributed by atoms with Crippen LogP contribution in [0.25, 0.3) is 12.2 Å². The van der Waals surface area contributed by atoms with Gasteiger partial charge in [-0.05, 0) is 37.1 Å². The molecule has 1 aliphatic rings. The molecule has 1 fully saturated rings. The maximum Gasteiger partial charge on any atom is 0.202 e. The van der Waals surface area contributed by atoms with Gasteiger partial charge in [0.15, 0.2) is 11.6 Å². The molecule has 1 N–H and O–H groups in total. The Bertz CT molecular complexity index is 780. The maximum atomic E-state index is 14.3. The highest BCUT2D eigenvalue weighted by Gasteiger charge is 2.28. The molecule has 6 heteroatoms. The lowest BCUT2D eigenvalue weighted by molar-refractivity contribution is -0.170. The van der Waals surface area contributed by atoms with Crippen LogP contribution in [0.1, 0.15) is 30.9 Å². The lowest BCUT2D eigenvalue weighted by Gasteiger charge is -2.31. The Morgan fingerprint density at radius 2 is 1.77 bits per heavy atom. The van der Waals surface area contributed by atoms with Crippen molar-refractivity contribution in [2.45, 2.75) is 38.3 Å². The van der Waals surface area contributed by atoms with E-state index in [0.717, 1.165) is 12.1 Å². The molecule has 0 spiro atoms. The number of rotatable bonds is 4. The molecule has 1 heterocycles. The first-order valence-corrected chi connectivity index (χ1v) is 8.33. The highest BCUT2D eigenvalue weighted by Crippen LogP contribution is 2.30. The monoisotopic (exact) mass is 364 g/mol. The minimum absolute atomic E-state index is 0.156. The van der Waals surface area contributed by atoms with Crippen LogP contribution in [0.4, 0.5) is 13.2 Å². The van der Waals surface area contributed by atoms with Crippen molar-refractivity contribution in [1.82, 2.24) is 0 Å². The number of hydrogen-bond acceptors (Lipinski definition) is 3. The second-order valence-corrected chi connectivity index (χ2v) is 6.31. The number of ether oxygens (including phenoxy) is 2. The van der Waals surface area contributed by atoms with Gasteiger partial charge in [-0.15, -0.1) is 0 Å². The summed E-state index contributed by atoms with van der Waals surface area (Å²) >= 11 is 0. The number of aliphatic hydroxyl groups excluding tert-OH is 1. The average molecular weight is 364 g/mol. The molecule has 1 saturated heterocycles. The Morgan fingerprint density at radius 1 is 1.04 bits per heavy atom. The van der Waals surface area contributed by atoms with E-state index in [9.17, 15) is 18.3 Å². The standard InChI is InChI=1S/C20H19F3O3/c1-12-8-17(24)11-19(25-12)26-20-14(9-16(22)10-18(20)23)5-2-13-3-6-15(21)7-4-13/h2-7,9-10,12,17,19,24H,8,11H2,1H3/b5-2+. The number of benzene rings is 2. The van der Waals surface area contributed by atoms with Gasteiger partial charge in [0.2, 0.25) is 6.29 Å². The van der Waals surface area contributed by atoms with E-state index in [4.69, 9.17) is 9.47 Å². The van der Waals surface area contributed by atoms with E-state index in [1.165, 1.54) is 18.2 Å². The zero-order valence-electron chi connectivity index (χ0n) is 14.2. The third kappa shape index (κ3) is 4.65. The van der Waals surface area contributed by atoms with Crippen molar-refractivity contribution in [3.8, 4) is 5.75 Å². The molecule has 3 unspecified atom stereocenters. The third-order valence-corrected chi connectivity index (χ3v) is 4.06. The van der Waals surface area contributed by atoms with E-state index in [1.54, 1.807) is 25.1 Å². The second kappa shape index (κ2) is 7.93. The molecule has 0 amide bonds. The van der Waals surface area contributed by atoms with E-state index >= 15 is 0 Å². The van der Waals surface area contributed by atoms with Crippen molar-refractivity contribution in [3.05, 3.63) is 65.0 Å². The molecular weight excluding hydrogens is 345 g/mol. The summed E-state index contributed by atoms with van der Waals surface area (Å²) in [5.74, 6) is -2.13.